The zero-order chi connectivity index (χ0) is 10.0. The second kappa shape index (κ2) is 3.70. The molecule has 0 aromatic carbocycles. The number of hydrogen-bond donors (Lipinski definition) is 0. The van der Waals surface area contributed by atoms with Crippen molar-refractivity contribution < 1.29 is 27.0 Å². The fourth-order valence-electron chi connectivity index (χ4n) is 0.885. The van der Waals surface area contributed by atoms with Crippen LogP contribution in [0.5, 0.6) is 0 Å². The first-order valence-corrected chi connectivity index (χ1v) is 5.25. The van der Waals surface area contributed by atoms with Crippen molar-refractivity contribution in [2.24, 2.45) is 0 Å². The fourth-order valence-corrected chi connectivity index (χ4v) is 1.99. The minimum atomic E-state index is -3.43. The van der Waals surface area contributed by atoms with Crippen LogP contribution in [0.4, 0.5) is 0 Å². The van der Waals surface area contributed by atoms with E-state index in [4.69, 9.17) is 13.6 Å². The molecule has 78 valence electrons. The summed E-state index contributed by atoms with van der Waals surface area (Å²) in [4.78, 5) is 10.4. The quantitative estimate of drug-likeness (QED) is 0.702. The van der Waals surface area contributed by atoms with Gasteiger partial charge in [0.25, 0.3) is 0 Å². The van der Waals surface area contributed by atoms with Crippen LogP contribution in [-0.2, 0) is 24.7 Å². The van der Waals surface area contributed by atoms with E-state index in [-0.39, 0.29) is 25.6 Å². The highest BCUT2D eigenvalue weighted by molar-refractivity contribution is 7.48. The minimum Gasteiger partial charge on any atom is -0.399 e. The van der Waals surface area contributed by atoms with E-state index in [0.717, 1.165) is 6.26 Å². The molecular formula is C6H7O7P. The average Bonchev–Trinajstić information content (AvgIpc) is 2.73. The molecule has 0 radical (unpaired) electrons. The minimum absolute atomic E-state index is 0.129. The molecule has 7 nitrogen and oxygen atoms in total. The van der Waals surface area contributed by atoms with E-state index < -0.39 is 13.6 Å². The van der Waals surface area contributed by atoms with Crippen LogP contribution in [0.1, 0.15) is 5.76 Å². The van der Waals surface area contributed by atoms with Gasteiger partial charge in [0.05, 0.1) is 13.2 Å². The van der Waals surface area contributed by atoms with Gasteiger partial charge < -0.3 is 8.83 Å². The second-order valence-electron chi connectivity index (χ2n) is 2.44. The van der Waals surface area contributed by atoms with E-state index in [0.29, 0.717) is 0 Å². The molecule has 0 N–H and O–H groups in total. The van der Waals surface area contributed by atoms with Crippen molar-refractivity contribution in [2.75, 3.05) is 13.2 Å². The Morgan fingerprint density at radius 3 is 2.71 bits per heavy atom. The first-order valence-electron chi connectivity index (χ1n) is 3.79. The summed E-state index contributed by atoms with van der Waals surface area (Å²) in [5.41, 5.74) is 0. The topological polar surface area (TPSA) is 88.1 Å². The van der Waals surface area contributed by atoms with Gasteiger partial charge in [-0.25, -0.2) is 9.36 Å². The van der Waals surface area contributed by atoms with Crippen LogP contribution in [0.15, 0.2) is 19.9 Å². The van der Waals surface area contributed by atoms with Gasteiger partial charge in [0.15, 0.2) is 5.76 Å². The molecule has 8 heteroatoms. The Balaban J connectivity index is 1.94. The predicted octanol–water partition coefficient (Wildman–Crippen LogP) is 0.904. The van der Waals surface area contributed by atoms with Crippen molar-refractivity contribution in [3.8, 4) is 0 Å². The molecule has 1 aliphatic rings. The third-order valence-corrected chi connectivity index (χ3v) is 2.89. The molecule has 0 spiro atoms. The van der Waals surface area contributed by atoms with E-state index in [1.54, 1.807) is 0 Å². The van der Waals surface area contributed by atoms with Crippen molar-refractivity contribution in [1.29, 1.82) is 0 Å². The van der Waals surface area contributed by atoms with Gasteiger partial charge in [-0.05, 0) is 0 Å². The molecule has 0 aliphatic carbocycles. The van der Waals surface area contributed by atoms with Gasteiger partial charge in [-0.3, -0.25) is 13.6 Å². The van der Waals surface area contributed by atoms with Gasteiger partial charge in [0.2, 0.25) is 0 Å². The third kappa shape index (κ3) is 2.13. The van der Waals surface area contributed by atoms with Crippen molar-refractivity contribution in [3.63, 3.8) is 0 Å². The van der Waals surface area contributed by atoms with E-state index in [9.17, 15) is 9.36 Å². The molecule has 0 unspecified atom stereocenters. The van der Waals surface area contributed by atoms with Crippen LogP contribution in [0.25, 0.3) is 0 Å². The maximum absolute atomic E-state index is 11.4. The van der Waals surface area contributed by atoms with Crippen molar-refractivity contribution in [1.82, 2.24) is 0 Å². The SMILES string of the molecule is O=c1occ(COP2(=O)OCCO2)o1. The Hall–Kier alpha value is -0.880. The monoisotopic (exact) mass is 222 g/mol. The first kappa shape index (κ1) is 9.67. The summed E-state index contributed by atoms with van der Waals surface area (Å²) in [6.07, 6.45) is 1.07. The standard InChI is InChI=1S/C6H7O7P/c7-6-9-3-5(13-6)4-12-14(8)10-1-2-11-14/h3H,1-2,4H2. The molecule has 0 bridgehead atoms. The van der Waals surface area contributed by atoms with Crippen LogP contribution in [0.3, 0.4) is 0 Å². The molecule has 1 aliphatic heterocycles. The summed E-state index contributed by atoms with van der Waals surface area (Å²) in [5, 5.41) is 0. The molecule has 1 fully saturated rings. The molecular weight excluding hydrogens is 215 g/mol. The van der Waals surface area contributed by atoms with Gasteiger partial charge in [-0.2, -0.15) is 0 Å². The second-order valence-corrected chi connectivity index (χ2v) is 4.11. The lowest BCUT2D eigenvalue weighted by molar-refractivity contribution is 0.169. The zero-order valence-corrected chi connectivity index (χ0v) is 7.90. The largest absolute Gasteiger partial charge is 0.518 e. The van der Waals surface area contributed by atoms with E-state index in [2.05, 4.69) is 8.83 Å². The van der Waals surface area contributed by atoms with E-state index >= 15 is 0 Å². The molecule has 0 atom stereocenters. The van der Waals surface area contributed by atoms with Crippen LogP contribution in [0.2, 0.25) is 0 Å². The molecule has 14 heavy (non-hydrogen) atoms. The molecule has 1 aromatic heterocycles. The lowest BCUT2D eigenvalue weighted by atomic mass is 10.6. The summed E-state index contributed by atoms with van der Waals surface area (Å²) in [6.45, 7) is 0.266. The Morgan fingerprint density at radius 2 is 2.14 bits per heavy atom. The number of phosphoric acid groups is 1. The first-order chi connectivity index (χ1) is 6.68. The Bertz CT molecular complexity index is 394. The van der Waals surface area contributed by atoms with Crippen LogP contribution < -0.4 is 5.82 Å². The number of phosphoric ester groups is 1. The lowest BCUT2D eigenvalue weighted by Crippen LogP contribution is -1.92. The van der Waals surface area contributed by atoms with Crippen LogP contribution >= 0.6 is 7.82 Å². The van der Waals surface area contributed by atoms with E-state index in [1.807, 2.05) is 0 Å². The highest BCUT2D eigenvalue weighted by Crippen LogP contribution is 2.53. The average molecular weight is 222 g/mol. The molecule has 2 rings (SSSR count). The number of rotatable bonds is 3. The predicted molar refractivity (Wildman–Crippen MR) is 41.5 cm³/mol. The highest BCUT2D eigenvalue weighted by Gasteiger charge is 2.32. The summed E-state index contributed by atoms with van der Waals surface area (Å²) in [5.74, 6) is -0.709. The third-order valence-electron chi connectivity index (χ3n) is 1.45. The van der Waals surface area contributed by atoms with Gasteiger partial charge in [0, 0.05) is 0 Å². The molecule has 1 aromatic rings. The van der Waals surface area contributed by atoms with Crippen molar-refractivity contribution in [2.45, 2.75) is 6.61 Å². The Morgan fingerprint density at radius 1 is 1.43 bits per heavy atom. The molecule has 0 saturated carbocycles. The highest BCUT2D eigenvalue weighted by atomic mass is 31.2. The summed E-state index contributed by atoms with van der Waals surface area (Å²) < 4.78 is 34.5. The summed E-state index contributed by atoms with van der Waals surface area (Å²) >= 11 is 0. The van der Waals surface area contributed by atoms with Crippen molar-refractivity contribution >= 4 is 7.82 Å². The Kier molecular flexibility index (Phi) is 2.56. The normalized spacial score (nSPS) is 20.0. The summed E-state index contributed by atoms with van der Waals surface area (Å²) in [7, 11) is -3.43. The maximum atomic E-state index is 11.4. The van der Waals surface area contributed by atoms with E-state index in [1.165, 1.54) is 0 Å². The zero-order valence-electron chi connectivity index (χ0n) is 7.00. The fraction of sp³-hybridized carbons (Fsp3) is 0.500. The summed E-state index contributed by atoms with van der Waals surface area (Å²) in [6, 6.07) is 0. The lowest BCUT2D eigenvalue weighted by Gasteiger charge is -2.06. The van der Waals surface area contributed by atoms with Gasteiger partial charge >= 0.3 is 13.6 Å². The molecule has 0 amide bonds. The Labute approximate surface area is 78.2 Å². The van der Waals surface area contributed by atoms with Crippen LogP contribution in [0, 0.1) is 0 Å². The van der Waals surface area contributed by atoms with Crippen LogP contribution in [-0.4, -0.2) is 13.2 Å². The van der Waals surface area contributed by atoms with Gasteiger partial charge in [-0.1, -0.05) is 0 Å². The smallest absolute Gasteiger partial charge is 0.399 e. The molecule has 1 saturated heterocycles. The molecule has 2 heterocycles. The van der Waals surface area contributed by atoms with Crippen molar-refractivity contribution in [3.05, 3.63) is 22.6 Å². The van der Waals surface area contributed by atoms with Gasteiger partial charge in [-0.15, -0.1) is 0 Å². The maximum Gasteiger partial charge on any atom is 0.518 e. The number of hydrogen-bond acceptors (Lipinski definition) is 7. The van der Waals surface area contributed by atoms with Gasteiger partial charge in [0.1, 0.15) is 12.9 Å².